The molecular weight excluding hydrogens is 378 g/mol. The predicted octanol–water partition coefficient (Wildman–Crippen LogP) is 3.33. The molecule has 1 aliphatic rings. The number of amides is 2. The minimum atomic E-state index is -0.969. The summed E-state index contributed by atoms with van der Waals surface area (Å²) in [6.07, 6.45) is 3.99. The van der Waals surface area contributed by atoms with Crippen LogP contribution in [0.5, 0.6) is 5.75 Å². The first-order valence-corrected chi connectivity index (χ1v) is 9.59. The highest BCUT2D eigenvalue weighted by Crippen LogP contribution is 2.44. The maximum Gasteiger partial charge on any atom is 0.254 e. The van der Waals surface area contributed by atoms with E-state index >= 15 is 0 Å². The average Bonchev–Trinajstić information content (AvgIpc) is 3.20. The van der Waals surface area contributed by atoms with Crippen molar-refractivity contribution in [3.63, 3.8) is 0 Å². The molecule has 29 heavy (non-hydrogen) atoms. The van der Waals surface area contributed by atoms with Gasteiger partial charge in [-0.15, -0.1) is 0 Å². The summed E-state index contributed by atoms with van der Waals surface area (Å²) in [7, 11) is 1.63. The second-order valence-corrected chi connectivity index (χ2v) is 7.27. The summed E-state index contributed by atoms with van der Waals surface area (Å²) in [5.41, 5.74) is 0.549. The molecule has 2 N–H and O–H groups in total. The van der Waals surface area contributed by atoms with Gasteiger partial charge >= 0.3 is 0 Å². The molecule has 0 atom stereocenters. The second-order valence-electron chi connectivity index (χ2n) is 7.27. The van der Waals surface area contributed by atoms with Gasteiger partial charge in [-0.3, -0.25) is 9.59 Å². The number of ether oxygens (including phenoxy) is 1. The molecule has 2 amide bonds. The maximum absolute atomic E-state index is 13.7. The Hall–Kier alpha value is -2.96. The summed E-state index contributed by atoms with van der Waals surface area (Å²) in [6.45, 7) is 0.130. The zero-order valence-electron chi connectivity index (χ0n) is 16.3. The minimum Gasteiger partial charge on any atom is -0.496 e. The number of nitrogens with one attached hydrogen (secondary N) is 2. The van der Waals surface area contributed by atoms with Crippen molar-refractivity contribution < 1.29 is 23.1 Å². The highest BCUT2D eigenvalue weighted by atomic mass is 19.1. The van der Waals surface area contributed by atoms with Gasteiger partial charge in [0.1, 0.15) is 17.4 Å². The third kappa shape index (κ3) is 4.72. The lowest BCUT2D eigenvalue weighted by atomic mass is 9.78. The lowest BCUT2D eigenvalue weighted by molar-refractivity contribution is -0.120. The molecule has 1 saturated carbocycles. The molecule has 3 rings (SSSR count). The van der Waals surface area contributed by atoms with Crippen LogP contribution in [-0.2, 0) is 10.2 Å². The van der Waals surface area contributed by atoms with Crippen molar-refractivity contribution in [2.75, 3.05) is 20.2 Å². The first-order valence-electron chi connectivity index (χ1n) is 9.59. The number of para-hydroxylation sites is 1. The molecule has 0 saturated heterocycles. The number of carbonyl (C=O) groups is 2. The average molecular weight is 402 g/mol. The van der Waals surface area contributed by atoms with Crippen LogP contribution in [0, 0.1) is 11.6 Å². The van der Waals surface area contributed by atoms with Gasteiger partial charge in [-0.25, -0.2) is 8.78 Å². The lowest BCUT2D eigenvalue weighted by Gasteiger charge is -2.31. The van der Waals surface area contributed by atoms with Gasteiger partial charge in [-0.2, -0.15) is 0 Å². The van der Waals surface area contributed by atoms with Crippen LogP contribution in [0.1, 0.15) is 41.6 Å². The fourth-order valence-electron chi connectivity index (χ4n) is 3.94. The van der Waals surface area contributed by atoms with Crippen LogP contribution in [0.2, 0.25) is 0 Å². The van der Waals surface area contributed by atoms with Gasteiger partial charge in [0.15, 0.2) is 0 Å². The summed E-state index contributed by atoms with van der Waals surface area (Å²) < 4.78 is 32.1. The van der Waals surface area contributed by atoms with E-state index in [1.807, 2.05) is 24.3 Å². The van der Waals surface area contributed by atoms with E-state index in [0.29, 0.717) is 12.6 Å². The van der Waals surface area contributed by atoms with E-state index in [4.69, 9.17) is 4.74 Å². The number of halogens is 2. The van der Waals surface area contributed by atoms with Crippen molar-refractivity contribution in [3.05, 3.63) is 65.2 Å². The molecule has 154 valence electrons. The molecule has 0 radical (unpaired) electrons. The van der Waals surface area contributed by atoms with Gasteiger partial charge in [0.25, 0.3) is 5.91 Å². The van der Waals surface area contributed by atoms with Gasteiger partial charge < -0.3 is 15.4 Å². The molecule has 2 aromatic rings. The van der Waals surface area contributed by atoms with Crippen molar-refractivity contribution in [1.29, 1.82) is 0 Å². The molecule has 0 bridgehead atoms. The molecule has 0 heterocycles. The monoisotopic (exact) mass is 402 g/mol. The molecule has 1 fully saturated rings. The van der Waals surface area contributed by atoms with Crippen molar-refractivity contribution in [2.45, 2.75) is 31.1 Å². The quantitative estimate of drug-likeness (QED) is 0.747. The topological polar surface area (TPSA) is 67.4 Å². The Labute approximate surface area is 168 Å². The number of benzene rings is 2. The zero-order chi connectivity index (χ0) is 20.9. The highest BCUT2D eigenvalue weighted by molar-refractivity contribution is 5.96. The van der Waals surface area contributed by atoms with Crippen LogP contribution in [-0.4, -0.2) is 32.0 Å². The van der Waals surface area contributed by atoms with E-state index in [1.165, 1.54) is 0 Å². The third-order valence-electron chi connectivity index (χ3n) is 5.45. The minimum absolute atomic E-state index is 0.213. The van der Waals surface area contributed by atoms with Crippen LogP contribution in [0.3, 0.4) is 0 Å². The Kier molecular flexibility index (Phi) is 6.46. The smallest absolute Gasteiger partial charge is 0.254 e. The number of methoxy groups -OCH3 is 1. The predicted molar refractivity (Wildman–Crippen MR) is 105 cm³/mol. The molecule has 0 aromatic heterocycles. The number of carbonyl (C=O) groups excluding carboxylic acids is 2. The standard InChI is InChI=1S/C22H24F2N2O3/c1-29-19-7-3-2-6-17(19)22(10-4-5-11-22)14-26-20(27)13-25-21(28)16-9-8-15(23)12-18(16)24/h2-3,6-9,12H,4-5,10-11,13-14H2,1H3,(H,25,28)(H,26,27). The molecular formula is C22H24F2N2O3. The molecule has 0 aliphatic heterocycles. The summed E-state index contributed by atoms with van der Waals surface area (Å²) in [5, 5.41) is 5.25. The van der Waals surface area contributed by atoms with Crippen LogP contribution >= 0.6 is 0 Å². The summed E-state index contributed by atoms with van der Waals surface area (Å²) >= 11 is 0. The summed E-state index contributed by atoms with van der Waals surface area (Å²) in [4.78, 5) is 24.3. The molecule has 2 aromatic carbocycles. The Balaban J connectivity index is 1.60. The molecule has 1 aliphatic carbocycles. The highest BCUT2D eigenvalue weighted by Gasteiger charge is 2.38. The van der Waals surface area contributed by atoms with Gasteiger partial charge in [0.2, 0.25) is 5.91 Å². The molecule has 7 heteroatoms. The maximum atomic E-state index is 13.7. The fraction of sp³-hybridized carbons (Fsp3) is 0.364. The molecule has 5 nitrogen and oxygen atoms in total. The normalized spacial score (nSPS) is 15.0. The van der Waals surface area contributed by atoms with Gasteiger partial charge in [0.05, 0.1) is 19.2 Å². The van der Waals surface area contributed by atoms with Crippen LogP contribution < -0.4 is 15.4 Å². The van der Waals surface area contributed by atoms with Crippen molar-refractivity contribution in [3.8, 4) is 5.75 Å². The fourth-order valence-corrected chi connectivity index (χ4v) is 3.94. The van der Waals surface area contributed by atoms with Gasteiger partial charge in [-0.05, 0) is 31.0 Å². The van der Waals surface area contributed by atoms with Crippen molar-refractivity contribution in [1.82, 2.24) is 10.6 Å². The Bertz CT molecular complexity index is 895. The van der Waals surface area contributed by atoms with Crippen LogP contribution in [0.25, 0.3) is 0 Å². The van der Waals surface area contributed by atoms with Crippen molar-refractivity contribution >= 4 is 11.8 Å². The number of hydrogen-bond acceptors (Lipinski definition) is 3. The van der Waals surface area contributed by atoms with Crippen LogP contribution in [0.15, 0.2) is 42.5 Å². The largest absolute Gasteiger partial charge is 0.496 e. The number of hydrogen-bond donors (Lipinski definition) is 2. The van der Waals surface area contributed by atoms with E-state index < -0.39 is 17.5 Å². The molecule has 0 spiro atoms. The summed E-state index contributed by atoms with van der Waals surface area (Å²) in [5.74, 6) is -2.08. The van der Waals surface area contributed by atoms with E-state index in [-0.39, 0.29) is 23.4 Å². The molecule has 0 unspecified atom stereocenters. The summed E-state index contributed by atoms with van der Waals surface area (Å²) in [6, 6.07) is 10.5. The van der Waals surface area contributed by atoms with E-state index in [2.05, 4.69) is 10.6 Å². The Morgan fingerprint density at radius 2 is 1.79 bits per heavy atom. The van der Waals surface area contributed by atoms with Crippen LogP contribution in [0.4, 0.5) is 8.78 Å². The van der Waals surface area contributed by atoms with E-state index in [1.54, 1.807) is 7.11 Å². The Morgan fingerprint density at radius 3 is 2.48 bits per heavy atom. The second kappa shape index (κ2) is 9.03. The zero-order valence-corrected chi connectivity index (χ0v) is 16.3. The van der Waals surface area contributed by atoms with E-state index in [0.717, 1.165) is 49.1 Å². The number of rotatable bonds is 7. The van der Waals surface area contributed by atoms with Gasteiger partial charge in [-0.1, -0.05) is 31.0 Å². The first-order chi connectivity index (χ1) is 13.9. The SMILES string of the molecule is COc1ccccc1C1(CNC(=O)CNC(=O)c2ccc(F)cc2F)CCCC1. The van der Waals surface area contributed by atoms with Gasteiger partial charge in [0, 0.05) is 23.6 Å². The van der Waals surface area contributed by atoms with E-state index in [9.17, 15) is 18.4 Å². The van der Waals surface area contributed by atoms with Crippen molar-refractivity contribution in [2.24, 2.45) is 0 Å². The lowest BCUT2D eigenvalue weighted by Crippen LogP contribution is -2.43. The Morgan fingerprint density at radius 1 is 1.07 bits per heavy atom. The first kappa shape index (κ1) is 20.8. The third-order valence-corrected chi connectivity index (χ3v) is 5.45.